The Bertz CT molecular complexity index is 941. The summed E-state index contributed by atoms with van der Waals surface area (Å²) < 4.78 is 5.25. The van der Waals surface area contributed by atoms with Crippen molar-refractivity contribution in [3.63, 3.8) is 0 Å². The minimum Gasteiger partial charge on any atom is -0.457 e. The summed E-state index contributed by atoms with van der Waals surface area (Å²) in [7, 11) is 0. The van der Waals surface area contributed by atoms with Crippen molar-refractivity contribution >= 4 is 5.97 Å². The van der Waals surface area contributed by atoms with Gasteiger partial charge < -0.3 is 9.84 Å². The van der Waals surface area contributed by atoms with Gasteiger partial charge in [0, 0.05) is 5.57 Å². The molecular weight excluding hydrogens is 336 g/mol. The van der Waals surface area contributed by atoms with E-state index in [-0.39, 0.29) is 13.2 Å². The lowest BCUT2D eigenvalue weighted by Crippen LogP contribution is -2.06. The van der Waals surface area contributed by atoms with Crippen LogP contribution in [0.25, 0.3) is 22.3 Å². The molecule has 3 heteroatoms. The molecule has 0 fully saturated rings. The molecule has 136 valence electrons. The molecular formula is C24H22O3. The molecule has 0 aliphatic rings. The van der Waals surface area contributed by atoms with Crippen LogP contribution >= 0.6 is 0 Å². The molecule has 0 aliphatic carbocycles. The van der Waals surface area contributed by atoms with Crippen molar-refractivity contribution in [1.29, 1.82) is 0 Å². The van der Waals surface area contributed by atoms with E-state index in [4.69, 9.17) is 4.74 Å². The molecule has 3 nitrogen and oxygen atoms in total. The van der Waals surface area contributed by atoms with E-state index in [0.717, 1.165) is 27.8 Å². The number of hydrogen-bond acceptors (Lipinski definition) is 3. The van der Waals surface area contributed by atoms with Crippen LogP contribution in [0, 0.1) is 0 Å². The molecule has 0 saturated heterocycles. The Morgan fingerprint density at radius 1 is 0.852 bits per heavy atom. The van der Waals surface area contributed by atoms with Gasteiger partial charge in [-0.25, -0.2) is 4.79 Å². The number of esters is 1. The highest BCUT2D eigenvalue weighted by molar-refractivity contribution is 5.87. The van der Waals surface area contributed by atoms with Gasteiger partial charge in [-0.3, -0.25) is 0 Å². The molecule has 3 aromatic rings. The average Bonchev–Trinajstić information content (AvgIpc) is 2.72. The minimum atomic E-state index is -0.434. The normalized spacial score (nSPS) is 10.4. The van der Waals surface area contributed by atoms with Crippen molar-refractivity contribution in [2.24, 2.45) is 0 Å². The molecule has 3 rings (SSSR count). The lowest BCUT2D eigenvalue weighted by molar-refractivity contribution is -0.140. The SMILES string of the molecule is C=C(C)C(=O)OCc1cc(-c2ccc(-c3ccccc3)cc2)ccc1CO. The van der Waals surface area contributed by atoms with Gasteiger partial charge in [0.1, 0.15) is 6.61 Å². The summed E-state index contributed by atoms with van der Waals surface area (Å²) in [5.74, 6) is -0.434. The molecule has 0 unspecified atom stereocenters. The summed E-state index contributed by atoms with van der Waals surface area (Å²) >= 11 is 0. The van der Waals surface area contributed by atoms with Crippen molar-refractivity contribution in [3.8, 4) is 22.3 Å². The second-order valence-electron chi connectivity index (χ2n) is 6.44. The van der Waals surface area contributed by atoms with E-state index in [9.17, 15) is 9.90 Å². The zero-order chi connectivity index (χ0) is 19.2. The third kappa shape index (κ3) is 4.52. The maximum Gasteiger partial charge on any atom is 0.333 e. The second kappa shape index (κ2) is 8.47. The van der Waals surface area contributed by atoms with Gasteiger partial charge >= 0.3 is 5.97 Å². The number of rotatable bonds is 6. The van der Waals surface area contributed by atoms with Gasteiger partial charge in [-0.1, -0.05) is 73.3 Å². The lowest BCUT2D eigenvalue weighted by Gasteiger charge is -2.12. The highest BCUT2D eigenvalue weighted by atomic mass is 16.5. The Morgan fingerprint density at radius 2 is 1.41 bits per heavy atom. The Labute approximate surface area is 159 Å². The summed E-state index contributed by atoms with van der Waals surface area (Å²) in [6.45, 7) is 5.20. The molecule has 0 radical (unpaired) electrons. The Kier molecular flexibility index (Phi) is 5.84. The predicted molar refractivity (Wildman–Crippen MR) is 108 cm³/mol. The first-order valence-electron chi connectivity index (χ1n) is 8.79. The summed E-state index contributed by atoms with van der Waals surface area (Å²) in [6.07, 6.45) is 0. The fraction of sp³-hybridized carbons (Fsp3) is 0.125. The van der Waals surface area contributed by atoms with E-state index in [1.165, 1.54) is 5.56 Å². The lowest BCUT2D eigenvalue weighted by atomic mass is 9.97. The van der Waals surface area contributed by atoms with E-state index in [2.05, 4.69) is 43.0 Å². The van der Waals surface area contributed by atoms with Crippen LogP contribution in [-0.2, 0) is 22.7 Å². The van der Waals surface area contributed by atoms with Crippen LogP contribution in [0.2, 0.25) is 0 Å². The summed E-state index contributed by atoms with van der Waals surface area (Å²) in [6, 6.07) is 24.3. The molecule has 0 bridgehead atoms. The van der Waals surface area contributed by atoms with Gasteiger partial charge in [0.15, 0.2) is 0 Å². The average molecular weight is 358 g/mol. The molecule has 1 N–H and O–H groups in total. The van der Waals surface area contributed by atoms with Crippen LogP contribution in [0.1, 0.15) is 18.1 Å². The van der Waals surface area contributed by atoms with E-state index < -0.39 is 5.97 Å². The van der Waals surface area contributed by atoms with Gasteiger partial charge in [-0.2, -0.15) is 0 Å². The second-order valence-corrected chi connectivity index (χ2v) is 6.44. The van der Waals surface area contributed by atoms with Crippen molar-refractivity contribution < 1.29 is 14.6 Å². The highest BCUT2D eigenvalue weighted by Crippen LogP contribution is 2.27. The zero-order valence-corrected chi connectivity index (χ0v) is 15.3. The fourth-order valence-corrected chi connectivity index (χ4v) is 2.85. The molecule has 3 aromatic carbocycles. The number of aliphatic hydroxyl groups is 1. The standard InChI is InChI=1S/C24H22O3/c1-17(2)24(26)27-16-23-14-21(12-13-22(23)15-25)20-10-8-19(9-11-20)18-6-4-3-5-7-18/h3-14,25H,1,15-16H2,2H3. The number of aliphatic hydroxyl groups excluding tert-OH is 1. The predicted octanol–water partition coefficient (Wildman–Crippen LogP) is 5.13. The first-order chi connectivity index (χ1) is 13.1. The van der Waals surface area contributed by atoms with Gasteiger partial charge in [0.05, 0.1) is 6.61 Å². The third-order valence-electron chi connectivity index (χ3n) is 4.41. The molecule has 27 heavy (non-hydrogen) atoms. The fourth-order valence-electron chi connectivity index (χ4n) is 2.85. The summed E-state index contributed by atoms with van der Waals surface area (Å²) in [4.78, 5) is 11.7. The number of carbonyl (C=O) groups excluding carboxylic acids is 1. The molecule has 0 saturated carbocycles. The third-order valence-corrected chi connectivity index (χ3v) is 4.41. The van der Waals surface area contributed by atoms with Gasteiger partial charge in [0.25, 0.3) is 0 Å². The minimum absolute atomic E-state index is 0.104. The summed E-state index contributed by atoms with van der Waals surface area (Å²) in [5, 5.41) is 9.56. The molecule has 0 aromatic heterocycles. The monoisotopic (exact) mass is 358 g/mol. The van der Waals surface area contributed by atoms with Crippen molar-refractivity contribution in [3.05, 3.63) is 96.1 Å². The number of benzene rings is 3. The van der Waals surface area contributed by atoms with E-state index >= 15 is 0 Å². The topological polar surface area (TPSA) is 46.5 Å². The van der Waals surface area contributed by atoms with Crippen molar-refractivity contribution in [2.75, 3.05) is 0 Å². The van der Waals surface area contributed by atoms with Crippen molar-refractivity contribution in [2.45, 2.75) is 20.1 Å². The number of hydrogen-bond donors (Lipinski definition) is 1. The Morgan fingerprint density at radius 3 is 2.00 bits per heavy atom. The molecule has 0 atom stereocenters. The maximum absolute atomic E-state index is 11.7. The molecule has 0 spiro atoms. The van der Waals surface area contributed by atoms with Crippen LogP contribution in [0.3, 0.4) is 0 Å². The van der Waals surface area contributed by atoms with Crippen LogP contribution in [0.5, 0.6) is 0 Å². The van der Waals surface area contributed by atoms with Crippen molar-refractivity contribution in [1.82, 2.24) is 0 Å². The van der Waals surface area contributed by atoms with Crippen LogP contribution < -0.4 is 0 Å². The first kappa shape index (κ1) is 18.6. The number of carbonyl (C=O) groups is 1. The first-order valence-corrected chi connectivity index (χ1v) is 8.79. The van der Waals surface area contributed by atoms with Gasteiger partial charge in [0.2, 0.25) is 0 Å². The van der Waals surface area contributed by atoms with Gasteiger partial charge in [-0.15, -0.1) is 0 Å². The van der Waals surface area contributed by atoms with Crippen LogP contribution in [-0.4, -0.2) is 11.1 Å². The Balaban J connectivity index is 1.85. The zero-order valence-electron chi connectivity index (χ0n) is 15.3. The largest absolute Gasteiger partial charge is 0.457 e. The molecule has 0 aliphatic heterocycles. The van der Waals surface area contributed by atoms with Crippen LogP contribution in [0.4, 0.5) is 0 Å². The smallest absolute Gasteiger partial charge is 0.333 e. The quantitative estimate of drug-likeness (QED) is 0.491. The van der Waals surface area contributed by atoms with E-state index in [1.54, 1.807) is 6.92 Å². The van der Waals surface area contributed by atoms with E-state index in [0.29, 0.717) is 5.57 Å². The molecule has 0 amide bonds. The van der Waals surface area contributed by atoms with Crippen LogP contribution in [0.15, 0.2) is 84.9 Å². The Hall–Kier alpha value is -3.17. The molecule has 0 heterocycles. The maximum atomic E-state index is 11.7. The highest BCUT2D eigenvalue weighted by Gasteiger charge is 2.09. The number of ether oxygens (including phenoxy) is 1. The van der Waals surface area contributed by atoms with E-state index in [1.807, 2.05) is 36.4 Å². The summed E-state index contributed by atoms with van der Waals surface area (Å²) in [5.41, 5.74) is 6.29. The van der Waals surface area contributed by atoms with Gasteiger partial charge in [-0.05, 0) is 46.4 Å².